The molecule has 0 heterocycles. The van der Waals surface area contributed by atoms with Crippen LogP contribution in [0.2, 0.25) is 6.04 Å². The molecule has 0 aromatic heterocycles. The van der Waals surface area contributed by atoms with Crippen molar-refractivity contribution >= 4 is 20.2 Å². The van der Waals surface area contributed by atoms with Crippen molar-refractivity contribution in [2.45, 2.75) is 59.9 Å². The molecule has 0 rings (SSSR count). The lowest BCUT2D eigenvalue weighted by Crippen LogP contribution is -2.44. The SMILES string of the molecule is CCO[Si](CCCN)(ON=C(C)CC)ON=C(C)CC. The monoisotopic (exact) mass is 303 g/mol. The van der Waals surface area contributed by atoms with E-state index >= 15 is 0 Å². The summed E-state index contributed by atoms with van der Waals surface area (Å²) in [5, 5.41) is 8.22. The summed E-state index contributed by atoms with van der Waals surface area (Å²) in [6, 6.07) is 0.609. The maximum Gasteiger partial charge on any atom is 0.674 e. The maximum absolute atomic E-state index is 5.75. The van der Waals surface area contributed by atoms with Gasteiger partial charge in [0.2, 0.25) is 0 Å². The van der Waals surface area contributed by atoms with Gasteiger partial charge in [0, 0.05) is 12.7 Å². The van der Waals surface area contributed by atoms with Crippen LogP contribution in [0.15, 0.2) is 10.3 Å². The van der Waals surface area contributed by atoms with Crippen LogP contribution in [0.1, 0.15) is 53.9 Å². The summed E-state index contributed by atoms with van der Waals surface area (Å²) in [7, 11) is -2.93. The highest BCUT2D eigenvalue weighted by Gasteiger charge is 2.47. The van der Waals surface area contributed by atoms with Gasteiger partial charge < -0.3 is 19.2 Å². The quantitative estimate of drug-likeness (QED) is 0.361. The molecule has 0 aromatic rings. The van der Waals surface area contributed by atoms with Gasteiger partial charge in [-0.3, -0.25) is 0 Å². The Bertz CT molecular complexity index is 300. The van der Waals surface area contributed by atoms with Crippen LogP contribution in [0.5, 0.6) is 0 Å². The van der Waals surface area contributed by atoms with E-state index in [-0.39, 0.29) is 0 Å². The Kier molecular flexibility index (Phi) is 10.3. The summed E-state index contributed by atoms with van der Waals surface area (Å²) >= 11 is 0. The lowest BCUT2D eigenvalue weighted by molar-refractivity contribution is 0.0670. The van der Waals surface area contributed by atoms with Crippen molar-refractivity contribution in [3.05, 3.63) is 0 Å². The van der Waals surface area contributed by atoms with Crippen LogP contribution in [-0.4, -0.2) is 33.4 Å². The van der Waals surface area contributed by atoms with Crippen LogP contribution in [0.25, 0.3) is 0 Å². The Labute approximate surface area is 123 Å². The van der Waals surface area contributed by atoms with E-state index < -0.39 is 8.80 Å². The predicted molar refractivity (Wildman–Crippen MR) is 84.8 cm³/mol. The van der Waals surface area contributed by atoms with Gasteiger partial charge in [-0.05, 0) is 46.6 Å². The fourth-order valence-corrected chi connectivity index (χ4v) is 3.33. The third kappa shape index (κ3) is 7.61. The standard InChI is InChI=1S/C13H29N3O3Si/c1-6-12(4)15-18-20(17-8-3,11-9-10-14)19-16-13(5)7-2/h6-11,14H2,1-5H3. The number of nitrogens with zero attached hydrogens (tertiary/aromatic N) is 2. The van der Waals surface area contributed by atoms with E-state index in [9.17, 15) is 0 Å². The summed E-state index contributed by atoms with van der Waals surface area (Å²) in [6.07, 6.45) is 2.41. The average Bonchev–Trinajstić information content (AvgIpc) is 2.47. The molecular weight excluding hydrogens is 274 g/mol. The minimum Gasteiger partial charge on any atom is -0.383 e. The van der Waals surface area contributed by atoms with Crippen LogP contribution < -0.4 is 5.73 Å². The molecule has 0 aromatic carbocycles. The summed E-state index contributed by atoms with van der Waals surface area (Å²) in [5.74, 6) is 0. The van der Waals surface area contributed by atoms with Crippen molar-refractivity contribution < 1.29 is 13.5 Å². The van der Waals surface area contributed by atoms with Gasteiger partial charge in [-0.2, -0.15) is 0 Å². The van der Waals surface area contributed by atoms with Crippen molar-refractivity contribution in [3.63, 3.8) is 0 Å². The van der Waals surface area contributed by atoms with Crippen molar-refractivity contribution in [1.82, 2.24) is 0 Å². The summed E-state index contributed by atoms with van der Waals surface area (Å²) in [5.41, 5.74) is 7.37. The normalized spacial score (nSPS) is 15.9. The van der Waals surface area contributed by atoms with Gasteiger partial charge in [0.1, 0.15) is 0 Å². The second kappa shape index (κ2) is 10.8. The van der Waals surface area contributed by atoms with E-state index in [4.69, 9.17) is 19.2 Å². The number of rotatable bonds is 11. The number of hydrogen-bond acceptors (Lipinski definition) is 6. The molecule has 0 aliphatic heterocycles. The Morgan fingerprint density at radius 1 is 1.00 bits per heavy atom. The van der Waals surface area contributed by atoms with E-state index in [1.54, 1.807) is 0 Å². The van der Waals surface area contributed by atoms with E-state index in [1.807, 2.05) is 34.6 Å². The molecule has 2 N–H and O–H groups in total. The highest BCUT2D eigenvalue weighted by molar-refractivity contribution is 6.60. The lowest BCUT2D eigenvalue weighted by atomic mass is 10.3. The van der Waals surface area contributed by atoms with Gasteiger partial charge in [0.05, 0.1) is 11.4 Å². The molecule has 7 heteroatoms. The molecular formula is C13H29N3O3Si. The molecule has 0 aliphatic rings. The highest BCUT2D eigenvalue weighted by Crippen LogP contribution is 2.19. The van der Waals surface area contributed by atoms with Crippen molar-refractivity contribution in [2.24, 2.45) is 16.0 Å². The Balaban J connectivity index is 5.01. The molecule has 0 radical (unpaired) electrons. The first kappa shape index (κ1) is 19.1. The van der Waals surface area contributed by atoms with Crippen molar-refractivity contribution in [2.75, 3.05) is 13.2 Å². The first-order chi connectivity index (χ1) is 9.53. The van der Waals surface area contributed by atoms with Gasteiger partial charge in [-0.15, -0.1) is 10.3 Å². The molecule has 0 fully saturated rings. The van der Waals surface area contributed by atoms with Crippen LogP contribution >= 0.6 is 0 Å². The summed E-state index contributed by atoms with van der Waals surface area (Å²) in [6.45, 7) is 10.8. The molecule has 0 atom stereocenters. The average molecular weight is 303 g/mol. The fraction of sp³-hybridized carbons (Fsp3) is 0.846. The molecule has 118 valence electrons. The topological polar surface area (TPSA) is 78.4 Å². The third-order valence-electron chi connectivity index (χ3n) is 2.76. The number of nitrogens with two attached hydrogens (primary N) is 1. The molecule has 20 heavy (non-hydrogen) atoms. The summed E-state index contributed by atoms with van der Waals surface area (Å²) in [4.78, 5) is 0. The second-order valence-electron chi connectivity index (χ2n) is 4.55. The molecule has 0 saturated heterocycles. The van der Waals surface area contributed by atoms with Gasteiger partial charge in [-0.25, -0.2) is 0 Å². The van der Waals surface area contributed by atoms with Gasteiger partial charge in [0.15, 0.2) is 0 Å². The molecule has 6 nitrogen and oxygen atoms in total. The Hall–Kier alpha value is -0.923. The molecule has 0 saturated carbocycles. The van der Waals surface area contributed by atoms with E-state index in [0.29, 0.717) is 19.2 Å². The van der Waals surface area contributed by atoms with Crippen LogP contribution in [0, 0.1) is 0 Å². The molecule has 0 aliphatic carbocycles. The summed E-state index contributed by atoms with van der Waals surface area (Å²) < 4.78 is 17.0. The zero-order valence-electron chi connectivity index (χ0n) is 13.4. The molecule has 0 spiro atoms. The van der Waals surface area contributed by atoms with Gasteiger partial charge >= 0.3 is 8.80 Å². The zero-order valence-corrected chi connectivity index (χ0v) is 14.4. The molecule has 0 bridgehead atoms. The maximum atomic E-state index is 5.75. The third-order valence-corrected chi connectivity index (χ3v) is 5.19. The van der Waals surface area contributed by atoms with Crippen molar-refractivity contribution in [3.8, 4) is 0 Å². The minimum absolute atomic E-state index is 0.498. The van der Waals surface area contributed by atoms with Crippen molar-refractivity contribution in [1.29, 1.82) is 0 Å². The van der Waals surface area contributed by atoms with E-state index in [2.05, 4.69) is 10.3 Å². The second-order valence-corrected chi connectivity index (χ2v) is 7.07. The Morgan fingerprint density at radius 2 is 1.50 bits per heavy atom. The molecule has 0 unspecified atom stereocenters. The van der Waals surface area contributed by atoms with E-state index in [1.165, 1.54) is 0 Å². The number of hydrogen-bond donors (Lipinski definition) is 1. The van der Waals surface area contributed by atoms with Crippen LogP contribution in [0.4, 0.5) is 0 Å². The van der Waals surface area contributed by atoms with Gasteiger partial charge in [0.25, 0.3) is 0 Å². The smallest absolute Gasteiger partial charge is 0.383 e. The number of oxime groups is 2. The first-order valence-electron chi connectivity index (χ1n) is 7.30. The molecule has 0 amide bonds. The van der Waals surface area contributed by atoms with E-state index in [0.717, 1.165) is 30.7 Å². The zero-order chi connectivity index (χ0) is 15.4. The van der Waals surface area contributed by atoms with Crippen LogP contribution in [-0.2, 0) is 13.5 Å². The van der Waals surface area contributed by atoms with Gasteiger partial charge in [-0.1, -0.05) is 13.8 Å². The predicted octanol–water partition coefficient (Wildman–Crippen LogP) is 2.92. The lowest BCUT2D eigenvalue weighted by Gasteiger charge is -2.24. The van der Waals surface area contributed by atoms with Crippen LogP contribution in [0.3, 0.4) is 0 Å². The largest absolute Gasteiger partial charge is 0.674 e. The highest BCUT2D eigenvalue weighted by atomic mass is 28.4. The first-order valence-corrected chi connectivity index (χ1v) is 9.24. The Morgan fingerprint density at radius 3 is 1.85 bits per heavy atom. The minimum atomic E-state index is -2.93. The fourth-order valence-electron chi connectivity index (χ4n) is 1.20.